The van der Waals surface area contributed by atoms with Gasteiger partial charge in [-0.1, -0.05) is 24.3 Å². The van der Waals surface area contributed by atoms with Crippen LogP contribution in [0.5, 0.6) is 0 Å². The minimum atomic E-state index is 0.0364. The highest BCUT2D eigenvalue weighted by Crippen LogP contribution is 2.36. The van der Waals surface area contributed by atoms with Crippen LogP contribution in [0.4, 0.5) is 4.79 Å². The molecule has 1 aromatic rings. The van der Waals surface area contributed by atoms with Gasteiger partial charge in [0.1, 0.15) is 0 Å². The topological polar surface area (TPSA) is 54.0 Å². The van der Waals surface area contributed by atoms with E-state index in [4.69, 9.17) is 9.47 Å². The number of urea groups is 1. The quantitative estimate of drug-likeness (QED) is 0.879. The molecule has 0 saturated carbocycles. The number of carbonyl (C=O) groups is 1. The Morgan fingerprint density at radius 3 is 2.42 bits per heavy atom. The SMILES string of the molecule is O=C(NC1Cc2ccccc2C1N1CCOCC1)N1CCOCC1. The first-order chi connectivity index (χ1) is 11.8. The Kier molecular flexibility index (Phi) is 4.69. The average molecular weight is 331 g/mol. The lowest BCUT2D eigenvalue weighted by molar-refractivity contribution is 0.00970. The second kappa shape index (κ2) is 7.09. The molecule has 2 atom stereocenters. The molecule has 130 valence electrons. The smallest absolute Gasteiger partial charge is 0.317 e. The predicted molar refractivity (Wildman–Crippen MR) is 90.0 cm³/mol. The van der Waals surface area contributed by atoms with Gasteiger partial charge in [-0.2, -0.15) is 0 Å². The lowest BCUT2D eigenvalue weighted by atomic mass is 10.0. The van der Waals surface area contributed by atoms with Gasteiger partial charge in [-0.05, 0) is 17.5 Å². The zero-order chi connectivity index (χ0) is 16.4. The van der Waals surface area contributed by atoms with Gasteiger partial charge in [0.15, 0.2) is 0 Å². The molecular formula is C18H25N3O3. The molecule has 2 fully saturated rings. The van der Waals surface area contributed by atoms with Crippen molar-refractivity contribution < 1.29 is 14.3 Å². The molecule has 0 aromatic heterocycles. The Labute approximate surface area is 142 Å². The van der Waals surface area contributed by atoms with Crippen LogP contribution < -0.4 is 5.32 Å². The maximum atomic E-state index is 12.6. The van der Waals surface area contributed by atoms with Crippen LogP contribution in [-0.2, 0) is 15.9 Å². The van der Waals surface area contributed by atoms with Gasteiger partial charge in [-0.25, -0.2) is 4.79 Å². The molecular weight excluding hydrogens is 306 g/mol. The zero-order valence-corrected chi connectivity index (χ0v) is 13.9. The van der Waals surface area contributed by atoms with Gasteiger partial charge in [0.25, 0.3) is 0 Å². The predicted octanol–water partition coefficient (Wildman–Crippen LogP) is 1.03. The van der Waals surface area contributed by atoms with Crippen molar-refractivity contribution in [2.45, 2.75) is 18.5 Å². The van der Waals surface area contributed by atoms with Crippen molar-refractivity contribution in [3.05, 3.63) is 35.4 Å². The maximum absolute atomic E-state index is 12.6. The molecule has 2 amide bonds. The summed E-state index contributed by atoms with van der Waals surface area (Å²) in [7, 11) is 0. The standard InChI is InChI=1S/C18H25N3O3/c22-18(21-7-11-24-12-8-21)19-16-13-14-3-1-2-4-15(14)17(16)20-5-9-23-10-6-20/h1-4,16-17H,5-13H2,(H,19,22). The molecule has 1 aromatic carbocycles. The first-order valence-electron chi connectivity index (χ1n) is 8.86. The van der Waals surface area contributed by atoms with Gasteiger partial charge in [-0.15, -0.1) is 0 Å². The molecule has 2 aliphatic heterocycles. The molecule has 0 bridgehead atoms. The van der Waals surface area contributed by atoms with Crippen LogP contribution in [0.15, 0.2) is 24.3 Å². The number of amides is 2. The Hall–Kier alpha value is -1.63. The summed E-state index contributed by atoms with van der Waals surface area (Å²) >= 11 is 0. The number of carbonyl (C=O) groups excluding carboxylic acids is 1. The van der Waals surface area contributed by atoms with Gasteiger partial charge < -0.3 is 19.7 Å². The molecule has 1 aliphatic carbocycles. The van der Waals surface area contributed by atoms with Crippen LogP contribution in [0.25, 0.3) is 0 Å². The fourth-order valence-electron chi connectivity index (χ4n) is 4.03. The van der Waals surface area contributed by atoms with E-state index in [1.807, 2.05) is 4.90 Å². The third-order valence-electron chi connectivity index (χ3n) is 5.24. The van der Waals surface area contributed by atoms with Crippen molar-refractivity contribution in [1.29, 1.82) is 0 Å². The van der Waals surface area contributed by atoms with E-state index in [0.717, 1.165) is 32.7 Å². The van der Waals surface area contributed by atoms with Crippen LogP contribution in [0.1, 0.15) is 17.2 Å². The van der Waals surface area contributed by atoms with Crippen molar-refractivity contribution in [2.75, 3.05) is 52.6 Å². The third kappa shape index (κ3) is 3.14. The first kappa shape index (κ1) is 15.9. The highest BCUT2D eigenvalue weighted by molar-refractivity contribution is 5.75. The second-order valence-electron chi connectivity index (χ2n) is 6.65. The molecule has 4 rings (SSSR count). The number of rotatable bonds is 2. The van der Waals surface area contributed by atoms with Crippen molar-refractivity contribution >= 4 is 6.03 Å². The van der Waals surface area contributed by atoms with Gasteiger partial charge in [0, 0.05) is 26.2 Å². The minimum Gasteiger partial charge on any atom is -0.379 e. The number of ether oxygens (including phenoxy) is 2. The molecule has 2 unspecified atom stereocenters. The van der Waals surface area contributed by atoms with Crippen LogP contribution in [-0.4, -0.2) is 74.5 Å². The fourth-order valence-corrected chi connectivity index (χ4v) is 4.03. The van der Waals surface area contributed by atoms with Crippen molar-refractivity contribution in [3.63, 3.8) is 0 Å². The van der Waals surface area contributed by atoms with Crippen molar-refractivity contribution in [2.24, 2.45) is 0 Å². The zero-order valence-electron chi connectivity index (χ0n) is 13.9. The Balaban J connectivity index is 1.51. The van der Waals surface area contributed by atoms with E-state index in [-0.39, 0.29) is 18.1 Å². The maximum Gasteiger partial charge on any atom is 0.317 e. The second-order valence-corrected chi connectivity index (χ2v) is 6.65. The highest BCUT2D eigenvalue weighted by atomic mass is 16.5. The molecule has 2 saturated heterocycles. The summed E-state index contributed by atoms with van der Waals surface area (Å²) in [6.45, 7) is 5.98. The number of hydrogen-bond donors (Lipinski definition) is 1. The molecule has 6 nitrogen and oxygen atoms in total. The van der Waals surface area contributed by atoms with Gasteiger partial charge in [0.05, 0.1) is 38.5 Å². The molecule has 24 heavy (non-hydrogen) atoms. The van der Waals surface area contributed by atoms with Gasteiger partial charge >= 0.3 is 6.03 Å². The molecule has 0 spiro atoms. The average Bonchev–Trinajstić information content (AvgIpc) is 3.01. The molecule has 2 heterocycles. The number of morpholine rings is 2. The molecule has 6 heteroatoms. The van der Waals surface area contributed by atoms with Crippen molar-refractivity contribution in [3.8, 4) is 0 Å². The number of fused-ring (bicyclic) bond motifs is 1. The van der Waals surface area contributed by atoms with Gasteiger partial charge in [-0.3, -0.25) is 4.90 Å². The number of hydrogen-bond acceptors (Lipinski definition) is 4. The minimum absolute atomic E-state index is 0.0364. The van der Waals surface area contributed by atoms with Crippen LogP contribution >= 0.6 is 0 Å². The van der Waals surface area contributed by atoms with E-state index in [9.17, 15) is 4.79 Å². The van der Waals surface area contributed by atoms with E-state index in [0.29, 0.717) is 26.3 Å². The summed E-state index contributed by atoms with van der Waals surface area (Å²) in [5, 5.41) is 3.29. The summed E-state index contributed by atoms with van der Waals surface area (Å²) < 4.78 is 10.9. The first-order valence-corrected chi connectivity index (χ1v) is 8.86. The Bertz CT molecular complexity index is 583. The summed E-state index contributed by atoms with van der Waals surface area (Å²) in [4.78, 5) is 17.0. The van der Waals surface area contributed by atoms with Crippen LogP contribution in [0, 0.1) is 0 Å². The van der Waals surface area contributed by atoms with Crippen LogP contribution in [0.2, 0.25) is 0 Å². The Morgan fingerprint density at radius 2 is 1.67 bits per heavy atom. The molecule has 1 N–H and O–H groups in total. The number of nitrogens with zero attached hydrogens (tertiary/aromatic N) is 2. The third-order valence-corrected chi connectivity index (χ3v) is 5.24. The monoisotopic (exact) mass is 331 g/mol. The summed E-state index contributed by atoms with van der Waals surface area (Å²) in [6.07, 6.45) is 0.897. The summed E-state index contributed by atoms with van der Waals surface area (Å²) in [5.74, 6) is 0. The Morgan fingerprint density at radius 1 is 1.00 bits per heavy atom. The lowest BCUT2D eigenvalue weighted by Gasteiger charge is -2.37. The van der Waals surface area contributed by atoms with Crippen LogP contribution in [0.3, 0.4) is 0 Å². The normalized spacial score (nSPS) is 27.8. The van der Waals surface area contributed by atoms with E-state index in [1.54, 1.807) is 0 Å². The van der Waals surface area contributed by atoms with Crippen molar-refractivity contribution in [1.82, 2.24) is 15.1 Å². The van der Waals surface area contributed by atoms with E-state index in [2.05, 4.69) is 34.5 Å². The summed E-state index contributed by atoms with van der Waals surface area (Å²) in [6, 6.07) is 8.97. The van der Waals surface area contributed by atoms with Gasteiger partial charge in [0.2, 0.25) is 0 Å². The largest absolute Gasteiger partial charge is 0.379 e. The van der Waals surface area contributed by atoms with E-state index < -0.39 is 0 Å². The summed E-state index contributed by atoms with van der Waals surface area (Å²) in [5.41, 5.74) is 2.70. The van der Waals surface area contributed by atoms with E-state index in [1.165, 1.54) is 11.1 Å². The number of benzene rings is 1. The molecule has 0 radical (unpaired) electrons. The molecule has 3 aliphatic rings. The fraction of sp³-hybridized carbons (Fsp3) is 0.611. The lowest BCUT2D eigenvalue weighted by Crippen LogP contribution is -2.53. The number of nitrogens with one attached hydrogen (secondary N) is 1. The highest BCUT2D eigenvalue weighted by Gasteiger charge is 2.38. The van der Waals surface area contributed by atoms with E-state index >= 15 is 0 Å².